The molecular formula is C8H14N2. The third-order valence-corrected chi connectivity index (χ3v) is 2.42. The molecule has 0 bridgehead atoms. The van der Waals surface area contributed by atoms with Gasteiger partial charge in [0.15, 0.2) is 0 Å². The molecule has 0 aliphatic carbocycles. The van der Waals surface area contributed by atoms with Crippen LogP contribution in [-0.2, 0) is 0 Å². The maximum Gasteiger partial charge on any atom is 0.0328 e. The zero-order chi connectivity index (χ0) is 7.19. The fourth-order valence-electron chi connectivity index (χ4n) is 2.12. The highest BCUT2D eigenvalue weighted by Gasteiger charge is 2.41. The van der Waals surface area contributed by atoms with Crippen LogP contribution < -0.4 is 0 Å². The van der Waals surface area contributed by atoms with Crippen LogP contribution in [0.15, 0.2) is 12.3 Å². The number of likely N-dealkylation sites (tertiary alicyclic amines) is 1. The predicted molar refractivity (Wildman–Crippen MR) is 41.7 cm³/mol. The summed E-state index contributed by atoms with van der Waals surface area (Å²) < 4.78 is 0. The van der Waals surface area contributed by atoms with Crippen molar-refractivity contribution < 1.29 is 0 Å². The van der Waals surface area contributed by atoms with Gasteiger partial charge in [0.25, 0.3) is 0 Å². The van der Waals surface area contributed by atoms with Gasteiger partial charge in [-0.05, 0) is 13.2 Å². The molecule has 0 unspecified atom stereocenters. The van der Waals surface area contributed by atoms with E-state index in [-0.39, 0.29) is 0 Å². The van der Waals surface area contributed by atoms with Crippen LogP contribution in [0.3, 0.4) is 0 Å². The van der Waals surface area contributed by atoms with Crippen LogP contribution in [-0.4, -0.2) is 43.5 Å². The quantitative estimate of drug-likeness (QED) is 0.477. The highest BCUT2D eigenvalue weighted by atomic mass is 15.2. The van der Waals surface area contributed by atoms with Crippen LogP contribution in [0.5, 0.6) is 0 Å². The molecule has 0 amide bonds. The summed E-state index contributed by atoms with van der Waals surface area (Å²) in [4.78, 5) is 4.64. The van der Waals surface area contributed by atoms with Gasteiger partial charge in [-0.1, -0.05) is 6.08 Å². The van der Waals surface area contributed by atoms with Crippen molar-refractivity contribution in [3.8, 4) is 0 Å². The van der Waals surface area contributed by atoms with Gasteiger partial charge >= 0.3 is 0 Å². The van der Waals surface area contributed by atoms with Crippen molar-refractivity contribution in [2.45, 2.75) is 0 Å². The monoisotopic (exact) mass is 138 g/mol. The Bertz CT molecular complexity index is 168. The van der Waals surface area contributed by atoms with Gasteiger partial charge < -0.3 is 9.80 Å². The lowest BCUT2D eigenvalue weighted by atomic mass is 9.82. The summed E-state index contributed by atoms with van der Waals surface area (Å²) in [6.07, 6.45) is 4.56. The second kappa shape index (κ2) is 1.76. The molecule has 1 spiro atoms. The van der Waals surface area contributed by atoms with Crippen LogP contribution in [0.2, 0.25) is 0 Å². The van der Waals surface area contributed by atoms with E-state index in [0.717, 1.165) is 0 Å². The first-order valence-electron chi connectivity index (χ1n) is 3.78. The van der Waals surface area contributed by atoms with Gasteiger partial charge in [-0.2, -0.15) is 0 Å². The summed E-state index contributed by atoms with van der Waals surface area (Å²) in [5.41, 5.74) is 0.531. The van der Waals surface area contributed by atoms with Gasteiger partial charge in [0.1, 0.15) is 0 Å². The Labute approximate surface area is 62.1 Å². The number of hydrogen-bond donors (Lipinski definition) is 0. The summed E-state index contributed by atoms with van der Waals surface area (Å²) in [7, 11) is 4.32. The molecule has 1 fully saturated rings. The van der Waals surface area contributed by atoms with Crippen molar-refractivity contribution in [3.63, 3.8) is 0 Å². The first kappa shape index (κ1) is 6.23. The molecule has 0 atom stereocenters. The third-order valence-electron chi connectivity index (χ3n) is 2.42. The molecule has 0 saturated carbocycles. The molecular weight excluding hydrogens is 124 g/mol. The Balaban J connectivity index is 2.02. The van der Waals surface area contributed by atoms with Gasteiger partial charge in [0.05, 0.1) is 0 Å². The summed E-state index contributed by atoms with van der Waals surface area (Å²) in [6, 6.07) is 0. The molecule has 56 valence electrons. The fraction of sp³-hybridized carbons (Fsp3) is 0.750. The summed E-state index contributed by atoms with van der Waals surface area (Å²) in [5, 5.41) is 0. The van der Waals surface area contributed by atoms with Crippen LogP contribution in [0, 0.1) is 5.41 Å². The zero-order valence-corrected chi connectivity index (χ0v) is 6.67. The van der Waals surface area contributed by atoms with Crippen molar-refractivity contribution in [1.29, 1.82) is 0 Å². The van der Waals surface area contributed by atoms with E-state index >= 15 is 0 Å². The average Bonchev–Trinajstić information content (AvgIpc) is 2.10. The minimum atomic E-state index is 0.531. The molecule has 10 heavy (non-hydrogen) atoms. The lowest BCUT2D eigenvalue weighted by Gasteiger charge is -2.45. The normalized spacial score (nSPS) is 29.6. The van der Waals surface area contributed by atoms with Crippen molar-refractivity contribution >= 4 is 0 Å². The second-order valence-corrected chi connectivity index (χ2v) is 3.77. The highest BCUT2D eigenvalue weighted by molar-refractivity contribution is 5.14. The Hall–Kier alpha value is -0.500. The molecule has 2 nitrogen and oxygen atoms in total. The number of hydrogen-bond acceptors (Lipinski definition) is 2. The van der Waals surface area contributed by atoms with E-state index in [9.17, 15) is 0 Å². The Morgan fingerprint density at radius 1 is 1.20 bits per heavy atom. The summed E-state index contributed by atoms with van der Waals surface area (Å²) >= 11 is 0. The van der Waals surface area contributed by atoms with E-state index in [1.165, 1.54) is 19.6 Å². The second-order valence-electron chi connectivity index (χ2n) is 3.77. The Kier molecular flexibility index (Phi) is 1.09. The maximum absolute atomic E-state index is 2.36. The predicted octanol–water partition coefficient (Wildman–Crippen LogP) is 0.377. The smallest absolute Gasteiger partial charge is 0.0328 e. The minimum Gasteiger partial charge on any atom is -0.380 e. The van der Waals surface area contributed by atoms with Crippen LogP contribution in [0.4, 0.5) is 0 Å². The maximum atomic E-state index is 2.36. The molecule has 2 heterocycles. The van der Waals surface area contributed by atoms with Gasteiger partial charge in [-0.15, -0.1) is 0 Å². The van der Waals surface area contributed by atoms with Crippen LogP contribution in [0.25, 0.3) is 0 Å². The Morgan fingerprint density at radius 3 is 2.30 bits per heavy atom. The largest absolute Gasteiger partial charge is 0.380 e. The molecule has 0 aromatic carbocycles. The van der Waals surface area contributed by atoms with E-state index in [1.807, 2.05) is 0 Å². The SMILES string of the molecule is CN1C=CC2(C1)CN(C)C2. The first-order chi connectivity index (χ1) is 4.70. The fourth-order valence-corrected chi connectivity index (χ4v) is 2.12. The topological polar surface area (TPSA) is 6.48 Å². The average molecular weight is 138 g/mol. The van der Waals surface area contributed by atoms with E-state index in [0.29, 0.717) is 5.41 Å². The molecule has 1 saturated heterocycles. The van der Waals surface area contributed by atoms with E-state index in [2.05, 4.69) is 36.2 Å². The molecule has 0 N–H and O–H groups in total. The van der Waals surface area contributed by atoms with Crippen LogP contribution >= 0.6 is 0 Å². The minimum absolute atomic E-state index is 0.531. The van der Waals surface area contributed by atoms with Gasteiger partial charge in [0, 0.05) is 32.1 Å². The summed E-state index contributed by atoms with van der Waals surface area (Å²) in [6.45, 7) is 3.71. The van der Waals surface area contributed by atoms with Gasteiger partial charge in [0.2, 0.25) is 0 Å². The number of nitrogens with zero attached hydrogens (tertiary/aromatic N) is 2. The number of rotatable bonds is 0. The molecule has 0 radical (unpaired) electrons. The molecule has 2 aliphatic rings. The van der Waals surface area contributed by atoms with Gasteiger partial charge in [-0.25, -0.2) is 0 Å². The third kappa shape index (κ3) is 0.754. The van der Waals surface area contributed by atoms with Gasteiger partial charge in [-0.3, -0.25) is 0 Å². The van der Waals surface area contributed by atoms with E-state index in [4.69, 9.17) is 0 Å². The molecule has 0 aromatic heterocycles. The molecule has 2 heteroatoms. The van der Waals surface area contributed by atoms with E-state index in [1.54, 1.807) is 0 Å². The molecule has 0 aromatic rings. The van der Waals surface area contributed by atoms with Crippen molar-refractivity contribution in [1.82, 2.24) is 9.80 Å². The zero-order valence-electron chi connectivity index (χ0n) is 6.67. The highest BCUT2D eigenvalue weighted by Crippen LogP contribution is 2.34. The summed E-state index contributed by atoms with van der Waals surface area (Å²) in [5.74, 6) is 0. The van der Waals surface area contributed by atoms with Crippen molar-refractivity contribution in [3.05, 3.63) is 12.3 Å². The van der Waals surface area contributed by atoms with Crippen LogP contribution in [0.1, 0.15) is 0 Å². The lowest BCUT2D eigenvalue weighted by molar-refractivity contribution is 0.0606. The van der Waals surface area contributed by atoms with Crippen molar-refractivity contribution in [2.24, 2.45) is 5.41 Å². The first-order valence-corrected chi connectivity index (χ1v) is 3.78. The molecule has 2 aliphatic heterocycles. The Morgan fingerprint density at radius 2 is 1.90 bits per heavy atom. The standard InChI is InChI=1S/C8H14N2/c1-9-4-3-8(5-9)6-10(2)7-8/h3-4H,5-7H2,1-2H3. The lowest BCUT2D eigenvalue weighted by Crippen LogP contribution is -2.55. The van der Waals surface area contributed by atoms with E-state index < -0.39 is 0 Å². The van der Waals surface area contributed by atoms with Crippen molar-refractivity contribution in [2.75, 3.05) is 33.7 Å². The molecule has 2 rings (SSSR count).